The molecule has 0 aliphatic heterocycles. The molecule has 5 heteroatoms. The van der Waals surface area contributed by atoms with Crippen molar-refractivity contribution in [2.45, 2.75) is 52.0 Å². The number of hydrogen-bond acceptors (Lipinski definition) is 2. The molecule has 2 rings (SSSR count). The van der Waals surface area contributed by atoms with Crippen molar-refractivity contribution >= 4 is 23.3 Å². The van der Waals surface area contributed by atoms with Crippen molar-refractivity contribution in [2.24, 2.45) is 0 Å². The van der Waals surface area contributed by atoms with Gasteiger partial charge in [-0.05, 0) is 25.6 Å². The van der Waals surface area contributed by atoms with Crippen molar-refractivity contribution < 1.29 is 9.13 Å². The lowest BCUT2D eigenvalue weighted by Crippen LogP contribution is -2.05. The summed E-state index contributed by atoms with van der Waals surface area (Å²) >= 11 is 5.40. The number of H-pyrrole nitrogens is 1. The van der Waals surface area contributed by atoms with Crippen molar-refractivity contribution in [3.05, 3.63) is 22.7 Å². The zero-order valence-corrected chi connectivity index (χ0v) is 13.7. The van der Waals surface area contributed by atoms with Gasteiger partial charge < -0.3 is 14.3 Å². The Kier molecular flexibility index (Phi) is 5.39. The van der Waals surface area contributed by atoms with Crippen molar-refractivity contribution in [2.75, 3.05) is 7.11 Å². The molecule has 0 aliphatic rings. The number of aromatic amines is 1. The van der Waals surface area contributed by atoms with Crippen LogP contribution in [0.4, 0.5) is 4.39 Å². The quantitative estimate of drug-likeness (QED) is 0.550. The predicted molar refractivity (Wildman–Crippen MR) is 87.1 cm³/mol. The molecule has 2 aromatic rings. The van der Waals surface area contributed by atoms with Crippen LogP contribution in [-0.4, -0.2) is 16.7 Å². The Morgan fingerprint density at radius 3 is 2.76 bits per heavy atom. The molecule has 0 bridgehead atoms. The molecule has 1 unspecified atom stereocenters. The molecular formula is C16H23FN2OS. The van der Waals surface area contributed by atoms with Crippen LogP contribution in [0.25, 0.3) is 11.0 Å². The van der Waals surface area contributed by atoms with E-state index in [4.69, 9.17) is 17.0 Å². The molecule has 116 valence electrons. The third-order valence-electron chi connectivity index (χ3n) is 3.91. The minimum Gasteiger partial charge on any atom is -0.494 e. The first kappa shape index (κ1) is 16.0. The predicted octanol–water partition coefficient (Wildman–Crippen LogP) is 5.38. The van der Waals surface area contributed by atoms with Gasteiger partial charge in [0.25, 0.3) is 0 Å². The van der Waals surface area contributed by atoms with Gasteiger partial charge in [0.1, 0.15) is 0 Å². The molecule has 0 fully saturated rings. The van der Waals surface area contributed by atoms with Gasteiger partial charge in [0.2, 0.25) is 0 Å². The molecule has 1 N–H and O–H groups in total. The summed E-state index contributed by atoms with van der Waals surface area (Å²) in [6.45, 7) is 4.37. The van der Waals surface area contributed by atoms with Gasteiger partial charge in [-0.25, -0.2) is 4.39 Å². The van der Waals surface area contributed by atoms with Gasteiger partial charge in [0.15, 0.2) is 16.3 Å². The molecule has 3 nitrogen and oxygen atoms in total. The maximum Gasteiger partial charge on any atom is 0.178 e. The lowest BCUT2D eigenvalue weighted by molar-refractivity contribution is 0.387. The van der Waals surface area contributed by atoms with Crippen LogP contribution >= 0.6 is 12.2 Å². The molecule has 0 amide bonds. The molecule has 0 radical (unpaired) electrons. The SMILES string of the molecule is CCCCCCC(C)n1c(=S)[nH]c2cc(F)c(OC)cc21. The summed E-state index contributed by atoms with van der Waals surface area (Å²) in [5, 5.41) is 0. The van der Waals surface area contributed by atoms with Crippen LogP contribution in [0.3, 0.4) is 0 Å². The smallest absolute Gasteiger partial charge is 0.178 e. The molecular weight excluding hydrogens is 287 g/mol. The van der Waals surface area contributed by atoms with Gasteiger partial charge in [-0.15, -0.1) is 0 Å². The van der Waals surface area contributed by atoms with Crippen LogP contribution in [0.1, 0.15) is 52.0 Å². The zero-order chi connectivity index (χ0) is 15.4. The highest BCUT2D eigenvalue weighted by Crippen LogP contribution is 2.28. The topological polar surface area (TPSA) is 29.9 Å². The Balaban J connectivity index is 2.30. The minimum atomic E-state index is -0.371. The number of benzene rings is 1. The van der Waals surface area contributed by atoms with Gasteiger partial charge in [-0.2, -0.15) is 0 Å². The fourth-order valence-corrected chi connectivity index (χ4v) is 3.10. The number of ether oxygens (including phenoxy) is 1. The first-order valence-corrected chi connectivity index (χ1v) is 7.97. The van der Waals surface area contributed by atoms with Crippen molar-refractivity contribution in [3.8, 4) is 5.75 Å². The van der Waals surface area contributed by atoms with E-state index in [1.807, 2.05) is 0 Å². The summed E-state index contributed by atoms with van der Waals surface area (Å²) in [5.41, 5.74) is 1.62. The highest BCUT2D eigenvalue weighted by Gasteiger charge is 2.14. The number of imidazole rings is 1. The number of nitrogens with zero attached hydrogens (tertiary/aromatic N) is 1. The Bertz CT molecular complexity index is 662. The Hall–Kier alpha value is -1.36. The first-order chi connectivity index (χ1) is 10.1. The molecule has 1 atom stereocenters. The van der Waals surface area contributed by atoms with Crippen LogP contribution in [0, 0.1) is 10.6 Å². The second-order valence-corrected chi connectivity index (χ2v) is 5.89. The van der Waals surface area contributed by atoms with Crippen LogP contribution in [0.15, 0.2) is 12.1 Å². The molecule has 0 aliphatic carbocycles. The third-order valence-corrected chi connectivity index (χ3v) is 4.21. The van der Waals surface area contributed by atoms with Crippen molar-refractivity contribution in [1.29, 1.82) is 0 Å². The summed E-state index contributed by atoms with van der Waals surface area (Å²) in [5.74, 6) is -0.118. The average molecular weight is 310 g/mol. The number of hydrogen-bond donors (Lipinski definition) is 1. The number of nitrogens with one attached hydrogen (secondary N) is 1. The van der Waals surface area contributed by atoms with Crippen LogP contribution in [0.5, 0.6) is 5.75 Å². The summed E-state index contributed by atoms with van der Waals surface area (Å²) in [7, 11) is 1.48. The largest absolute Gasteiger partial charge is 0.494 e. The van der Waals surface area contributed by atoms with E-state index in [1.165, 1.54) is 38.9 Å². The van der Waals surface area contributed by atoms with Gasteiger partial charge in [0, 0.05) is 18.2 Å². The number of unbranched alkanes of at least 4 members (excludes halogenated alkanes) is 3. The molecule has 1 aromatic carbocycles. The fourth-order valence-electron chi connectivity index (χ4n) is 2.72. The maximum atomic E-state index is 13.8. The van der Waals surface area contributed by atoms with E-state index in [9.17, 15) is 4.39 Å². The summed E-state index contributed by atoms with van der Waals surface area (Å²) < 4.78 is 21.5. The lowest BCUT2D eigenvalue weighted by Gasteiger charge is -2.15. The Morgan fingerprint density at radius 1 is 1.33 bits per heavy atom. The number of halogens is 1. The van der Waals surface area contributed by atoms with Gasteiger partial charge >= 0.3 is 0 Å². The fraction of sp³-hybridized carbons (Fsp3) is 0.562. The first-order valence-electron chi connectivity index (χ1n) is 7.56. The Labute approximate surface area is 130 Å². The average Bonchev–Trinajstić information content (AvgIpc) is 2.77. The zero-order valence-electron chi connectivity index (χ0n) is 12.9. The number of methoxy groups -OCH3 is 1. The molecule has 0 saturated heterocycles. The molecule has 0 spiro atoms. The van der Waals surface area contributed by atoms with Crippen LogP contribution < -0.4 is 4.74 Å². The summed E-state index contributed by atoms with van der Waals surface area (Å²) in [4.78, 5) is 3.08. The van der Waals surface area contributed by atoms with E-state index in [1.54, 1.807) is 6.07 Å². The molecule has 1 aromatic heterocycles. The second-order valence-electron chi connectivity index (χ2n) is 5.50. The number of fused-ring (bicyclic) bond motifs is 1. The van der Waals surface area contributed by atoms with Crippen LogP contribution in [0.2, 0.25) is 0 Å². The van der Waals surface area contributed by atoms with E-state index in [-0.39, 0.29) is 11.6 Å². The van der Waals surface area contributed by atoms with Gasteiger partial charge in [-0.3, -0.25) is 0 Å². The monoisotopic (exact) mass is 310 g/mol. The van der Waals surface area contributed by atoms with E-state index in [0.29, 0.717) is 10.8 Å². The normalized spacial score (nSPS) is 12.8. The van der Waals surface area contributed by atoms with Crippen molar-refractivity contribution in [1.82, 2.24) is 9.55 Å². The van der Waals surface area contributed by atoms with Gasteiger partial charge in [0.05, 0.1) is 18.1 Å². The lowest BCUT2D eigenvalue weighted by atomic mass is 10.1. The van der Waals surface area contributed by atoms with Crippen molar-refractivity contribution in [3.63, 3.8) is 0 Å². The standard InChI is InChI=1S/C16H23FN2OS/c1-4-5-6-7-8-11(2)19-14-10-15(20-3)12(17)9-13(14)18-16(19)21/h9-11H,4-8H2,1-3H3,(H,18,21). The number of rotatable bonds is 7. The van der Waals surface area contributed by atoms with Crippen LogP contribution in [-0.2, 0) is 0 Å². The third kappa shape index (κ3) is 3.46. The molecule has 0 saturated carbocycles. The second kappa shape index (κ2) is 7.07. The van der Waals surface area contributed by atoms with E-state index >= 15 is 0 Å². The van der Waals surface area contributed by atoms with E-state index in [0.717, 1.165) is 17.5 Å². The maximum absolute atomic E-state index is 13.8. The number of aromatic nitrogens is 2. The van der Waals surface area contributed by atoms with E-state index in [2.05, 4.69) is 23.4 Å². The summed E-state index contributed by atoms with van der Waals surface area (Å²) in [6.07, 6.45) is 6.00. The minimum absolute atomic E-state index is 0.253. The van der Waals surface area contributed by atoms with E-state index < -0.39 is 0 Å². The summed E-state index contributed by atoms with van der Waals surface area (Å²) in [6, 6.07) is 3.46. The highest BCUT2D eigenvalue weighted by atomic mass is 32.1. The highest BCUT2D eigenvalue weighted by molar-refractivity contribution is 7.71. The molecule has 21 heavy (non-hydrogen) atoms. The molecule has 1 heterocycles. The van der Waals surface area contributed by atoms with Gasteiger partial charge in [-0.1, -0.05) is 32.6 Å². The Morgan fingerprint density at radius 2 is 2.10 bits per heavy atom.